The average Bonchev–Trinajstić information content (AvgIpc) is 2.95. The van der Waals surface area contributed by atoms with Gasteiger partial charge in [-0.05, 0) is 62.4 Å². The Morgan fingerprint density at radius 3 is 1.62 bits per heavy atom. The van der Waals surface area contributed by atoms with E-state index in [1.807, 2.05) is 0 Å². The minimum atomic E-state index is -1.53. The Labute approximate surface area is 239 Å². The molecule has 0 radical (unpaired) electrons. The smallest absolute Gasteiger partial charge is 0.337 e. The Balaban J connectivity index is 1.67. The number of carbonyl (C=O) groups is 5. The molecular formula is C28H26N6O8. The average molecular weight is 575 g/mol. The second kappa shape index (κ2) is 14.7. The van der Waals surface area contributed by atoms with Gasteiger partial charge < -0.3 is 20.6 Å². The number of hydrogen-bond acceptors (Lipinski definition) is 11. The van der Waals surface area contributed by atoms with E-state index in [1.165, 1.54) is 56.5 Å². The lowest BCUT2D eigenvalue weighted by atomic mass is 10.2. The molecule has 0 bridgehead atoms. The molecule has 3 aromatic rings. The summed E-state index contributed by atoms with van der Waals surface area (Å²) in [4.78, 5) is 70.6. The normalized spacial score (nSPS) is 12.5. The minimum Gasteiger partial charge on any atom is -0.478 e. The second-order valence-electron chi connectivity index (χ2n) is 8.55. The summed E-state index contributed by atoms with van der Waals surface area (Å²) >= 11 is 0. The van der Waals surface area contributed by atoms with E-state index in [2.05, 4.69) is 36.0 Å². The lowest BCUT2D eigenvalue weighted by Crippen LogP contribution is -2.32. The fourth-order valence-electron chi connectivity index (χ4n) is 3.38. The van der Waals surface area contributed by atoms with Crippen molar-refractivity contribution in [3.63, 3.8) is 0 Å². The molecule has 14 heteroatoms. The van der Waals surface area contributed by atoms with E-state index < -0.39 is 41.4 Å². The predicted octanol–water partition coefficient (Wildman–Crippen LogP) is 4.69. The number of carbonyl (C=O) groups excluding carboxylic acids is 4. The molecule has 0 heterocycles. The highest BCUT2D eigenvalue weighted by Crippen LogP contribution is 2.27. The number of azo groups is 2. The van der Waals surface area contributed by atoms with Crippen LogP contribution in [0.1, 0.15) is 24.2 Å². The van der Waals surface area contributed by atoms with Crippen LogP contribution in [-0.4, -0.2) is 53.7 Å². The lowest BCUT2D eigenvalue weighted by Gasteiger charge is -2.12. The zero-order chi connectivity index (χ0) is 30.6. The largest absolute Gasteiger partial charge is 0.478 e. The number of Topliss-reactive ketones (excluding diaryl/α,β-unsaturated/α-hetero) is 2. The maximum absolute atomic E-state index is 12.8. The molecule has 0 aliphatic heterocycles. The highest BCUT2D eigenvalue weighted by atomic mass is 17.2. The molecule has 0 aliphatic carbocycles. The molecule has 2 amide bonds. The standard InChI is InChI=1S/C28H26N6O8/c1-16(35)24(33-31-21-9-5-4-8-20(21)28(39)40)26(37)29-18-12-14-19(15-13-18)30-27(38)25(17(2)36)34-32-22-10-6-7-11-23(22)42-41-3/h4-15,24-25H,1-3H3,(H,29,37)(H,30,38)(H,39,40). The minimum absolute atomic E-state index is 0.0138. The summed E-state index contributed by atoms with van der Waals surface area (Å²) < 4.78 is 0. The maximum Gasteiger partial charge on any atom is 0.337 e. The van der Waals surface area contributed by atoms with Gasteiger partial charge >= 0.3 is 5.97 Å². The van der Waals surface area contributed by atoms with Crippen molar-refractivity contribution in [1.29, 1.82) is 0 Å². The SMILES string of the molecule is COOc1ccccc1N=NC(C(C)=O)C(=O)Nc1ccc(NC(=O)C(N=Nc2ccccc2C(=O)O)C(C)=O)cc1. The van der Waals surface area contributed by atoms with Crippen LogP contribution in [-0.2, 0) is 24.1 Å². The molecule has 42 heavy (non-hydrogen) atoms. The molecule has 0 saturated heterocycles. The van der Waals surface area contributed by atoms with Gasteiger partial charge in [0.1, 0.15) is 5.69 Å². The number of anilines is 2. The first-order chi connectivity index (χ1) is 20.1. The van der Waals surface area contributed by atoms with Crippen LogP contribution < -0.4 is 15.5 Å². The third kappa shape index (κ3) is 8.43. The maximum atomic E-state index is 12.8. The van der Waals surface area contributed by atoms with E-state index in [-0.39, 0.29) is 34.1 Å². The Bertz CT molecular complexity index is 1540. The highest BCUT2D eigenvalue weighted by molar-refractivity contribution is 6.11. The number of aromatic carboxylic acids is 1. The van der Waals surface area contributed by atoms with Crippen molar-refractivity contribution >= 4 is 52.1 Å². The zero-order valence-electron chi connectivity index (χ0n) is 22.7. The third-order valence-electron chi connectivity index (χ3n) is 5.42. The first-order valence-electron chi connectivity index (χ1n) is 12.3. The van der Waals surface area contributed by atoms with Crippen molar-refractivity contribution in [2.75, 3.05) is 17.7 Å². The summed E-state index contributed by atoms with van der Waals surface area (Å²) in [6.45, 7) is 2.35. The van der Waals surface area contributed by atoms with Gasteiger partial charge in [-0.2, -0.15) is 25.3 Å². The topological polar surface area (TPSA) is 198 Å². The van der Waals surface area contributed by atoms with Gasteiger partial charge in [0.05, 0.1) is 18.4 Å². The first kappa shape index (κ1) is 30.9. The number of nitrogens with one attached hydrogen (secondary N) is 2. The van der Waals surface area contributed by atoms with Crippen LogP contribution >= 0.6 is 0 Å². The summed E-state index contributed by atoms with van der Waals surface area (Å²) in [5.41, 5.74) is 0.645. The van der Waals surface area contributed by atoms with Gasteiger partial charge in [0, 0.05) is 11.4 Å². The van der Waals surface area contributed by atoms with Crippen LogP contribution in [0.4, 0.5) is 22.7 Å². The van der Waals surface area contributed by atoms with E-state index in [9.17, 15) is 29.1 Å². The monoisotopic (exact) mass is 574 g/mol. The number of ketones is 2. The third-order valence-corrected chi connectivity index (χ3v) is 5.42. The van der Waals surface area contributed by atoms with Crippen molar-refractivity contribution in [3.8, 4) is 5.75 Å². The summed E-state index contributed by atoms with van der Waals surface area (Å²) in [6.07, 6.45) is 0. The van der Waals surface area contributed by atoms with Gasteiger partial charge in [0.2, 0.25) is 12.1 Å². The van der Waals surface area contributed by atoms with E-state index >= 15 is 0 Å². The highest BCUT2D eigenvalue weighted by Gasteiger charge is 2.25. The Morgan fingerprint density at radius 2 is 1.14 bits per heavy atom. The molecule has 14 nitrogen and oxygen atoms in total. The van der Waals surface area contributed by atoms with E-state index in [4.69, 9.17) is 4.89 Å². The molecule has 0 fully saturated rings. The van der Waals surface area contributed by atoms with Crippen molar-refractivity contribution < 1.29 is 38.9 Å². The van der Waals surface area contributed by atoms with Crippen LogP contribution in [0.5, 0.6) is 5.75 Å². The van der Waals surface area contributed by atoms with Crippen molar-refractivity contribution in [1.82, 2.24) is 0 Å². The molecule has 0 aliphatic rings. The van der Waals surface area contributed by atoms with Gasteiger partial charge in [-0.15, -0.1) is 0 Å². The fraction of sp³-hybridized carbons (Fsp3) is 0.179. The number of benzene rings is 3. The van der Waals surface area contributed by atoms with Crippen LogP contribution in [0, 0.1) is 0 Å². The van der Waals surface area contributed by atoms with E-state index in [1.54, 1.807) is 30.3 Å². The van der Waals surface area contributed by atoms with Gasteiger partial charge in [0.25, 0.3) is 11.8 Å². The van der Waals surface area contributed by atoms with Crippen LogP contribution in [0.3, 0.4) is 0 Å². The quantitative estimate of drug-likeness (QED) is 0.113. The van der Waals surface area contributed by atoms with Crippen molar-refractivity contribution in [2.45, 2.75) is 25.9 Å². The molecule has 2 unspecified atom stereocenters. The first-order valence-corrected chi connectivity index (χ1v) is 12.3. The second-order valence-corrected chi connectivity index (χ2v) is 8.55. The zero-order valence-corrected chi connectivity index (χ0v) is 22.7. The molecule has 216 valence electrons. The molecule has 2 atom stereocenters. The number of carboxylic acid groups (broad SMARTS) is 1. The van der Waals surface area contributed by atoms with E-state index in [0.29, 0.717) is 0 Å². The van der Waals surface area contributed by atoms with Crippen molar-refractivity contribution in [3.05, 3.63) is 78.4 Å². The van der Waals surface area contributed by atoms with Gasteiger partial charge in [0.15, 0.2) is 17.3 Å². The number of hydrogen-bond donors (Lipinski definition) is 3. The van der Waals surface area contributed by atoms with E-state index in [0.717, 1.165) is 6.92 Å². The number of rotatable bonds is 13. The van der Waals surface area contributed by atoms with Gasteiger partial charge in [-0.3, -0.25) is 19.2 Å². The fourth-order valence-corrected chi connectivity index (χ4v) is 3.38. The summed E-state index contributed by atoms with van der Waals surface area (Å²) in [6, 6.07) is 15.1. The van der Waals surface area contributed by atoms with Crippen LogP contribution in [0.25, 0.3) is 0 Å². The Hall–Kier alpha value is -5.63. The van der Waals surface area contributed by atoms with Gasteiger partial charge in [-0.1, -0.05) is 24.3 Å². The molecular weight excluding hydrogens is 548 g/mol. The van der Waals surface area contributed by atoms with Crippen molar-refractivity contribution in [2.24, 2.45) is 20.5 Å². The summed E-state index contributed by atoms with van der Waals surface area (Å²) in [5, 5.41) is 29.7. The Morgan fingerprint density at radius 1 is 0.690 bits per heavy atom. The number of nitrogens with zero attached hydrogens (tertiary/aromatic N) is 4. The van der Waals surface area contributed by atoms with Gasteiger partial charge in [-0.25, -0.2) is 4.79 Å². The Kier molecular flexibility index (Phi) is 10.8. The van der Waals surface area contributed by atoms with Crippen LogP contribution in [0.2, 0.25) is 0 Å². The molecule has 0 aromatic heterocycles. The number of amides is 2. The number of carboxylic acids is 1. The summed E-state index contributed by atoms with van der Waals surface area (Å²) in [5.74, 6) is -3.71. The molecule has 3 N–H and O–H groups in total. The lowest BCUT2D eigenvalue weighted by molar-refractivity contribution is -0.177. The predicted molar refractivity (Wildman–Crippen MR) is 149 cm³/mol. The molecule has 0 saturated carbocycles. The molecule has 3 aromatic carbocycles. The number of para-hydroxylation sites is 1. The van der Waals surface area contributed by atoms with Crippen LogP contribution in [0.15, 0.2) is 93.3 Å². The molecule has 3 rings (SSSR count). The summed E-state index contributed by atoms with van der Waals surface area (Å²) in [7, 11) is 1.31. The molecule has 0 spiro atoms.